The van der Waals surface area contributed by atoms with Gasteiger partial charge in [0.1, 0.15) is 17.1 Å². The fraction of sp³-hybridized carbons (Fsp3) is 0. The number of aromatic hydroxyl groups is 1. The van der Waals surface area contributed by atoms with E-state index in [-0.39, 0.29) is 11.3 Å². The molecule has 0 saturated carbocycles. The maximum Gasteiger partial charge on any atom is 0.263 e. The average Bonchev–Trinajstić information content (AvgIpc) is 2.90. The number of nitrogens with one attached hydrogen (secondary N) is 2. The molecule has 0 unspecified atom stereocenters. The van der Waals surface area contributed by atoms with Crippen molar-refractivity contribution in [3.63, 3.8) is 0 Å². The van der Waals surface area contributed by atoms with Gasteiger partial charge in [-0.2, -0.15) is 0 Å². The third-order valence-electron chi connectivity index (χ3n) is 3.39. The number of H-pyrrole nitrogens is 2. The van der Waals surface area contributed by atoms with E-state index in [1.54, 1.807) is 36.5 Å². The molecular weight excluding hydrogens is 268 g/mol. The summed E-state index contributed by atoms with van der Waals surface area (Å²) in [5, 5.41) is 11.0. The molecule has 0 aliphatic carbocycles. The fourth-order valence-corrected chi connectivity index (χ4v) is 2.41. The van der Waals surface area contributed by atoms with E-state index >= 15 is 0 Å². The van der Waals surface area contributed by atoms with Crippen LogP contribution in [0.15, 0.2) is 47.4 Å². The molecule has 0 fully saturated rings. The Kier molecular flexibility index (Phi) is 2.32. The Morgan fingerprint density at radius 3 is 2.67 bits per heavy atom. The molecule has 102 valence electrons. The summed E-state index contributed by atoms with van der Waals surface area (Å²) in [6, 6.07) is 10.7. The third-order valence-corrected chi connectivity index (χ3v) is 3.39. The van der Waals surface area contributed by atoms with Crippen LogP contribution >= 0.6 is 0 Å². The van der Waals surface area contributed by atoms with Gasteiger partial charge in [-0.3, -0.25) is 4.79 Å². The number of aromatic nitrogens is 4. The second-order valence-corrected chi connectivity index (χ2v) is 4.68. The molecule has 0 bridgehead atoms. The van der Waals surface area contributed by atoms with Gasteiger partial charge < -0.3 is 15.1 Å². The Hall–Kier alpha value is -3.15. The molecule has 0 aliphatic rings. The van der Waals surface area contributed by atoms with Crippen LogP contribution in [0, 0.1) is 0 Å². The summed E-state index contributed by atoms with van der Waals surface area (Å²) in [6.45, 7) is 0. The summed E-state index contributed by atoms with van der Waals surface area (Å²) in [4.78, 5) is 26.4. The molecule has 3 aromatic heterocycles. The molecule has 21 heavy (non-hydrogen) atoms. The third kappa shape index (κ3) is 1.69. The Labute approximate surface area is 118 Å². The first-order valence-corrected chi connectivity index (χ1v) is 6.39. The number of hydrogen-bond donors (Lipinski definition) is 3. The van der Waals surface area contributed by atoms with E-state index in [4.69, 9.17) is 0 Å². The van der Waals surface area contributed by atoms with E-state index in [2.05, 4.69) is 19.9 Å². The second kappa shape index (κ2) is 4.17. The van der Waals surface area contributed by atoms with E-state index < -0.39 is 5.56 Å². The van der Waals surface area contributed by atoms with E-state index in [1.807, 2.05) is 6.07 Å². The van der Waals surface area contributed by atoms with Crippen molar-refractivity contribution in [3.05, 3.63) is 52.9 Å². The van der Waals surface area contributed by atoms with E-state index in [0.717, 1.165) is 0 Å². The summed E-state index contributed by atoms with van der Waals surface area (Å²) < 4.78 is 0. The molecule has 0 saturated heterocycles. The maximum atomic E-state index is 12.2. The van der Waals surface area contributed by atoms with Crippen LogP contribution in [-0.2, 0) is 0 Å². The second-order valence-electron chi connectivity index (χ2n) is 4.68. The van der Waals surface area contributed by atoms with Crippen LogP contribution in [0.3, 0.4) is 0 Å². The lowest BCUT2D eigenvalue weighted by atomic mass is 10.1. The lowest BCUT2D eigenvalue weighted by molar-refractivity contribution is 0.482. The number of nitrogens with zero attached hydrogens (tertiary/aromatic N) is 2. The quantitative estimate of drug-likeness (QED) is 0.497. The van der Waals surface area contributed by atoms with Crippen LogP contribution in [0.4, 0.5) is 0 Å². The molecule has 1 aromatic carbocycles. The lowest BCUT2D eigenvalue weighted by Gasteiger charge is -2.04. The molecule has 0 aliphatic heterocycles. The predicted molar refractivity (Wildman–Crippen MR) is 79.1 cm³/mol. The van der Waals surface area contributed by atoms with Gasteiger partial charge in [-0.05, 0) is 24.3 Å². The number of para-hydroxylation sites is 1. The smallest absolute Gasteiger partial charge is 0.263 e. The van der Waals surface area contributed by atoms with Gasteiger partial charge in [-0.15, -0.1) is 0 Å². The first-order valence-electron chi connectivity index (χ1n) is 6.39. The van der Waals surface area contributed by atoms with Gasteiger partial charge in [0, 0.05) is 11.6 Å². The van der Waals surface area contributed by atoms with Crippen molar-refractivity contribution in [3.8, 4) is 17.1 Å². The van der Waals surface area contributed by atoms with Gasteiger partial charge in [0.15, 0.2) is 5.65 Å². The minimum absolute atomic E-state index is 0.0894. The highest BCUT2D eigenvalue weighted by Crippen LogP contribution is 2.30. The van der Waals surface area contributed by atoms with Crippen LogP contribution in [0.2, 0.25) is 0 Å². The van der Waals surface area contributed by atoms with Crippen molar-refractivity contribution in [1.29, 1.82) is 0 Å². The minimum Gasteiger partial charge on any atom is -0.506 e. The normalized spacial score (nSPS) is 11.2. The van der Waals surface area contributed by atoms with Crippen molar-refractivity contribution in [2.75, 3.05) is 0 Å². The topological polar surface area (TPSA) is 94.7 Å². The van der Waals surface area contributed by atoms with Crippen LogP contribution in [0.5, 0.6) is 5.75 Å². The number of aromatic amines is 2. The summed E-state index contributed by atoms with van der Waals surface area (Å²) in [7, 11) is 0. The molecule has 3 N–H and O–H groups in total. The van der Waals surface area contributed by atoms with E-state index in [0.29, 0.717) is 27.9 Å². The van der Waals surface area contributed by atoms with Crippen molar-refractivity contribution < 1.29 is 5.11 Å². The molecule has 0 radical (unpaired) electrons. The van der Waals surface area contributed by atoms with Gasteiger partial charge in [0.25, 0.3) is 5.56 Å². The number of fused-ring (bicyclic) bond motifs is 2. The molecule has 3 heterocycles. The van der Waals surface area contributed by atoms with Crippen molar-refractivity contribution >= 4 is 22.1 Å². The maximum absolute atomic E-state index is 12.2. The number of rotatable bonds is 1. The summed E-state index contributed by atoms with van der Waals surface area (Å²) in [5.41, 5.74) is 1.51. The minimum atomic E-state index is -0.398. The number of pyridine rings is 2. The molecule has 0 amide bonds. The highest BCUT2D eigenvalue weighted by molar-refractivity contribution is 5.91. The average molecular weight is 278 g/mol. The van der Waals surface area contributed by atoms with Crippen LogP contribution < -0.4 is 5.56 Å². The van der Waals surface area contributed by atoms with E-state index in [1.165, 1.54) is 0 Å². The van der Waals surface area contributed by atoms with Gasteiger partial charge >= 0.3 is 0 Å². The molecule has 6 nitrogen and oxygen atoms in total. The highest BCUT2D eigenvalue weighted by atomic mass is 16.3. The molecule has 0 atom stereocenters. The predicted octanol–water partition coefficient (Wildman–Crippen LogP) is 2.17. The van der Waals surface area contributed by atoms with E-state index in [9.17, 15) is 9.90 Å². The van der Waals surface area contributed by atoms with Gasteiger partial charge in [0.05, 0.1) is 11.0 Å². The first-order chi connectivity index (χ1) is 10.2. The zero-order valence-corrected chi connectivity index (χ0v) is 10.8. The van der Waals surface area contributed by atoms with Crippen LogP contribution in [-0.4, -0.2) is 25.0 Å². The van der Waals surface area contributed by atoms with Crippen LogP contribution in [0.1, 0.15) is 0 Å². The molecule has 4 aromatic rings. The van der Waals surface area contributed by atoms with Crippen molar-refractivity contribution in [2.24, 2.45) is 0 Å². The Balaban J connectivity index is 2.08. The number of benzene rings is 1. The molecule has 4 rings (SSSR count). The van der Waals surface area contributed by atoms with Crippen LogP contribution in [0.25, 0.3) is 33.5 Å². The van der Waals surface area contributed by atoms with Crippen molar-refractivity contribution in [2.45, 2.75) is 0 Å². The first kappa shape index (κ1) is 11.7. The summed E-state index contributed by atoms with van der Waals surface area (Å²) in [5.74, 6) is 0.210. The van der Waals surface area contributed by atoms with Gasteiger partial charge in [0.2, 0.25) is 0 Å². The van der Waals surface area contributed by atoms with Crippen molar-refractivity contribution in [1.82, 2.24) is 19.9 Å². The van der Waals surface area contributed by atoms with Gasteiger partial charge in [-0.1, -0.05) is 12.1 Å². The van der Waals surface area contributed by atoms with Gasteiger partial charge in [-0.25, -0.2) is 9.97 Å². The zero-order chi connectivity index (χ0) is 14.4. The Morgan fingerprint density at radius 1 is 1.00 bits per heavy atom. The SMILES string of the molecule is O=c1[nH]c2ccccc2c(O)c1-c1nc2ncccc2[nH]1. The summed E-state index contributed by atoms with van der Waals surface area (Å²) >= 11 is 0. The summed E-state index contributed by atoms with van der Waals surface area (Å²) in [6.07, 6.45) is 1.62. The fourth-order valence-electron chi connectivity index (χ4n) is 2.41. The lowest BCUT2D eigenvalue weighted by Crippen LogP contribution is -2.10. The standard InChI is InChI=1S/C15H10N4O2/c20-12-8-4-1-2-5-9(8)18-15(21)11(12)14-17-10-6-3-7-16-13(10)19-14/h1-7H,(H,16,17,19)(H2,18,20,21). The molecular formula is C15H10N4O2. The largest absolute Gasteiger partial charge is 0.506 e. The Morgan fingerprint density at radius 2 is 1.81 bits per heavy atom. The number of hydrogen-bond acceptors (Lipinski definition) is 4. The Bertz CT molecular complexity index is 1000. The number of imidazole rings is 1. The zero-order valence-electron chi connectivity index (χ0n) is 10.8. The monoisotopic (exact) mass is 278 g/mol. The molecule has 6 heteroatoms. The highest BCUT2D eigenvalue weighted by Gasteiger charge is 2.17. The molecule has 0 spiro atoms.